The van der Waals surface area contributed by atoms with Gasteiger partial charge in [0.1, 0.15) is 0 Å². The van der Waals surface area contributed by atoms with Gasteiger partial charge >= 0.3 is 0 Å². The van der Waals surface area contributed by atoms with Crippen molar-refractivity contribution in [3.05, 3.63) is 29.6 Å². The van der Waals surface area contributed by atoms with Crippen LogP contribution in [0.2, 0.25) is 0 Å². The molecule has 0 saturated carbocycles. The van der Waals surface area contributed by atoms with E-state index in [4.69, 9.17) is 0 Å². The summed E-state index contributed by atoms with van der Waals surface area (Å²) in [6.45, 7) is 6.16. The average Bonchev–Trinajstić information content (AvgIpc) is 1.96. The molecule has 0 unspecified atom stereocenters. The summed E-state index contributed by atoms with van der Waals surface area (Å²) in [5, 5.41) is 9.39. The van der Waals surface area contributed by atoms with Crippen LogP contribution in [-0.4, -0.2) is 5.11 Å². The van der Waals surface area contributed by atoms with Crippen molar-refractivity contribution < 1.29 is 9.50 Å². The maximum atomic E-state index is 12.9. The second kappa shape index (κ2) is 3.36. The van der Waals surface area contributed by atoms with Gasteiger partial charge in [-0.1, -0.05) is 32.9 Å². The summed E-state index contributed by atoms with van der Waals surface area (Å²) in [5.41, 5.74) is 0.734. The minimum atomic E-state index is -0.540. The van der Waals surface area contributed by atoms with Crippen molar-refractivity contribution in [3.63, 3.8) is 0 Å². The maximum Gasteiger partial charge on any atom is 0.165 e. The SMILES string of the molecule is CC(C)(C)Cc1cccc(F)c1O. The third kappa shape index (κ3) is 2.72. The van der Waals surface area contributed by atoms with E-state index in [-0.39, 0.29) is 11.2 Å². The zero-order chi connectivity index (χ0) is 10.1. The maximum absolute atomic E-state index is 12.9. The summed E-state index contributed by atoms with van der Waals surface area (Å²) in [6, 6.07) is 4.64. The Morgan fingerprint density at radius 2 is 1.92 bits per heavy atom. The zero-order valence-corrected chi connectivity index (χ0v) is 8.26. The van der Waals surface area contributed by atoms with Crippen LogP contribution in [0.3, 0.4) is 0 Å². The standard InChI is InChI=1S/C11H15FO/c1-11(2,3)7-8-5-4-6-9(12)10(8)13/h4-6,13H,7H2,1-3H3. The van der Waals surface area contributed by atoms with Crippen LogP contribution >= 0.6 is 0 Å². The summed E-state index contributed by atoms with van der Waals surface area (Å²) in [7, 11) is 0. The number of para-hydroxylation sites is 1. The van der Waals surface area contributed by atoms with E-state index in [1.54, 1.807) is 12.1 Å². The predicted octanol–water partition coefficient (Wildman–Crippen LogP) is 3.12. The van der Waals surface area contributed by atoms with E-state index >= 15 is 0 Å². The molecule has 1 N–H and O–H groups in total. The van der Waals surface area contributed by atoms with Crippen LogP contribution in [0.5, 0.6) is 5.75 Å². The molecule has 1 rings (SSSR count). The lowest BCUT2D eigenvalue weighted by Gasteiger charge is -2.18. The predicted molar refractivity (Wildman–Crippen MR) is 51.2 cm³/mol. The molecule has 0 aliphatic heterocycles. The Labute approximate surface area is 78.2 Å². The van der Waals surface area contributed by atoms with E-state index in [9.17, 15) is 9.50 Å². The minimum Gasteiger partial charge on any atom is -0.505 e. The van der Waals surface area contributed by atoms with Crippen molar-refractivity contribution >= 4 is 0 Å². The van der Waals surface area contributed by atoms with Crippen LogP contribution < -0.4 is 0 Å². The average molecular weight is 182 g/mol. The Morgan fingerprint density at radius 1 is 1.31 bits per heavy atom. The summed E-state index contributed by atoms with van der Waals surface area (Å²) in [4.78, 5) is 0. The van der Waals surface area contributed by atoms with Gasteiger partial charge in [0.25, 0.3) is 0 Å². The van der Waals surface area contributed by atoms with Crippen molar-refractivity contribution in [3.8, 4) is 5.75 Å². The first-order chi connectivity index (χ1) is 5.90. The van der Waals surface area contributed by atoms with Gasteiger partial charge in [0, 0.05) is 0 Å². The molecule has 0 spiro atoms. The van der Waals surface area contributed by atoms with E-state index in [1.165, 1.54) is 6.07 Å². The molecular formula is C11H15FO. The molecule has 0 atom stereocenters. The van der Waals surface area contributed by atoms with Gasteiger partial charge in [-0.2, -0.15) is 0 Å². The van der Waals surface area contributed by atoms with Gasteiger partial charge in [0.15, 0.2) is 11.6 Å². The zero-order valence-electron chi connectivity index (χ0n) is 8.26. The summed E-state index contributed by atoms with van der Waals surface area (Å²) in [5.74, 6) is -0.751. The topological polar surface area (TPSA) is 20.2 Å². The Hall–Kier alpha value is -1.05. The Balaban J connectivity index is 2.96. The van der Waals surface area contributed by atoms with E-state index < -0.39 is 5.82 Å². The van der Waals surface area contributed by atoms with E-state index in [0.29, 0.717) is 12.0 Å². The third-order valence-corrected chi connectivity index (χ3v) is 1.79. The lowest BCUT2D eigenvalue weighted by molar-refractivity contribution is 0.383. The largest absolute Gasteiger partial charge is 0.505 e. The van der Waals surface area contributed by atoms with Gasteiger partial charge in [-0.25, -0.2) is 4.39 Å². The lowest BCUT2D eigenvalue weighted by Crippen LogP contribution is -2.09. The fraction of sp³-hybridized carbons (Fsp3) is 0.455. The molecule has 0 aliphatic rings. The number of benzene rings is 1. The summed E-state index contributed by atoms with van der Waals surface area (Å²) < 4.78 is 12.9. The lowest BCUT2D eigenvalue weighted by atomic mass is 9.88. The molecule has 1 nitrogen and oxygen atoms in total. The molecule has 13 heavy (non-hydrogen) atoms. The molecule has 0 fully saturated rings. The first-order valence-electron chi connectivity index (χ1n) is 4.36. The van der Waals surface area contributed by atoms with Gasteiger partial charge < -0.3 is 5.11 Å². The van der Waals surface area contributed by atoms with Crippen molar-refractivity contribution in [2.75, 3.05) is 0 Å². The number of aromatic hydroxyl groups is 1. The first-order valence-corrected chi connectivity index (χ1v) is 4.36. The van der Waals surface area contributed by atoms with Crippen LogP contribution in [0.1, 0.15) is 26.3 Å². The fourth-order valence-electron chi connectivity index (χ4n) is 1.27. The quantitative estimate of drug-likeness (QED) is 0.707. The Kier molecular flexibility index (Phi) is 2.60. The van der Waals surface area contributed by atoms with E-state index in [2.05, 4.69) is 20.8 Å². The van der Waals surface area contributed by atoms with Crippen LogP contribution in [0.4, 0.5) is 4.39 Å². The smallest absolute Gasteiger partial charge is 0.165 e. The summed E-state index contributed by atoms with van der Waals surface area (Å²) in [6.07, 6.45) is 0.677. The molecule has 2 heteroatoms. The highest BCUT2D eigenvalue weighted by Crippen LogP contribution is 2.28. The molecule has 0 aliphatic carbocycles. The Bertz CT molecular complexity index is 299. The highest BCUT2D eigenvalue weighted by Gasteiger charge is 2.15. The van der Waals surface area contributed by atoms with Gasteiger partial charge in [0.05, 0.1) is 0 Å². The number of rotatable bonds is 1. The van der Waals surface area contributed by atoms with Crippen molar-refractivity contribution in [2.45, 2.75) is 27.2 Å². The molecule has 1 aromatic rings. The summed E-state index contributed by atoms with van der Waals surface area (Å²) >= 11 is 0. The number of hydrogen-bond acceptors (Lipinski definition) is 1. The van der Waals surface area contributed by atoms with Crippen LogP contribution in [-0.2, 0) is 6.42 Å². The minimum absolute atomic E-state index is 0.0608. The second-order valence-corrected chi connectivity index (χ2v) is 4.49. The molecule has 0 amide bonds. The molecule has 0 radical (unpaired) electrons. The molecular weight excluding hydrogens is 167 g/mol. The third-order valence-electron chi connectivity index (χ3n) is 1.79. The van der Waals surface area contributed by atoms with Crippen molar-refractivity contribution in [1.82, 2.24) is 0 Å². The van der Waals surface area contributed by atoms with E-state index in [1.807, 2.05) is 0 Å². The normalized spacial score (nSPS) is 11.7. The Morgan fingerprint density at radius 3 is 2.46 bits per heavy atom. The first kappa shape index (κ1) is 10.0. The molecule has 1 aromatic carbocycles. The number of halogens is 1. The highest BCUT2D eigenvalue weighted by atomic mass is 19.1. The molecule has 0 heterocycles. The molecule has 0 aromatic heterocycles. The van der Waals surface area contributed by atoms with Crippen LogP contribution in [0, 0.1) is 11.2 Å². The molecule has 0 saturated heterocycles. The van der Waals surface area contributed by atoms with Crippen molar-refractivity contribution in [2.24, 2.45) is 5.41 Å². The van der Waals surface area contributed by atoms with Gasteiger partial charge in [-0.05, 0) is 23.5 Å². The number of hydrogen-bond donors (Lipinski definition) is 1. The van der Waals surface area contributed by atoms with Gasteiger partial charge in [0.2, 0.25) is 0 Å². The highest BCUT2D eigenvalue weighted by molar-refractivity contribution is 5.34. The van der Waals surface area contributed by atoms with Gasteiger partial charge in [-0.15, -0.1) is 0 Å². The van der Waals surface area contributed by atoms with Gasteiger partial charge in [-0.3, -0.25) is 0 Å². The van der Waals surface area contributed by atoms with Crippen molar-refractivity contribution in [1.29, 1.82) is 0 Å². The van der Waals surface area contributed by atoms with E-state index in [0.717, 1.165) is 0 Å². The monoisotopic (exact) mass is 182 g/mol. The molecule has 0 bridgehead atoms. The van der Waals surface area contributed by atoms with Crippen LogP contribution in [0.25, 0.3) is 0 Å². The van der Waals surface area contributed by atoms with Crippen LogP contribution in [0.15, 0.2) is 18.2 Å². The number of phenols is 1. The number of phenolic OH excluding ortho intramolecular Hbond substituents is 1. The molecule has 72 valence electrons. The fourth-order valence-corrected chi connectivity index (χ4v) is 1.27. The second-order valence-electron chi connectivity index (χ2n) is 4.49.